The lowest BCUT2D eigenvalue weighted by Crippen LogP contribution is -2.46. The number of benzene rings is 1. The molecule has 2 fully saturated rings. The first-order valence-electron chi connectivity index (χ1n) is 11.6. The van der Waals surface area contributed by atoms with Crippen LogP contribution >= 0.6 is 11.3 Å². The molecule has 0 radical (unpaired) electrons. The Morgan fingerprint density at radius 2 is 1.77 bits per heavy atom. The first-order chi connectivity index (χ1) is 15.1. The van der Waals surface area contributed by atoms with Crippen LogP contribution < -0.4 is 11.1 Å². The fourth-order valence-electron chi connectivity index (χ4n) is 4.93. The van der Waals surface area contributed by atoms with E-state index in [-0.39, 0.29) is 23.9 Å². The number of hydrogen-bond donors (Lipinski definition) is 2. The molecular formula is C25H33N3O2S. The minimum Gasteiger partial charge on any atom is -0.335 e. The van der Waals surface area contributed by atoms with Crippen LogP contribution in [-0.2, 0) is 11.3 Å². The average Bonchev–Trinajstić information content (AvgIpc) is 3.34. The van der Waals surface area contributed by atoms with Crippen molar-refractivity contribution in [3.63, 3.8) is 0 Å². The largest absolute Gasteiger partial charge is 0.335 e. The summed E-state index contributed by atoms with van der Waals surface area (Å²) in [6.45, 7) is 0.595. The van der Waals surface area contributed by atoms with Crippen molar-refractivity contribution in [1.82, 2.24) is 4.90 Å². The Morgan fingerprint density at radius 3 is 2.48 bits per heavy atom. The third-order valence-corrected chi connectivity index (χ3v) is 7.57. The van der Waals surface area contributed by atoms with Crippen LogP contribution in [-0.4, -0.2) is 28.8 Å². The molecule has 5 nitrogen and oxygen atoms in total. The minimum absolute atomic E-state index is 0.0939. The Labute approximate surface area is 189 Å². The Hall–Kier alpha value is -2.18. The predicted molar refractivity (Wildman–Crippen MR) is 126 cm³/mol. The summed E-state index contributed by atoms with van der Waals surface area (Å²) < 4.78 is 0. The van der Waals surface area contributed by atoms with Crippen LogP contribution in [0, 0.1) is 5.92 Å². The van der Waals surface area contributed by atoms with E-state index in [2.05, 4.69) is 16.3 Å². The normalized spacial score (nSPS) is 22.1. The number of amides is 2. The Morgan fingerprint density at radius 1 is 1.00 bits per heavy atom. The average molecular weight is 440 g/mol. The molecule has 0 atom stereocenters. The van der Waals surface area contributed by atoms with Crippen molar-refractivity contribution in [3.8, 4) is 0 Å². The second kappa shape index (κ2) is 10.4. The zero-order valence-electron chi connectivity index (χ0n) is 18.1. The molecule has 2 saturated carbocycles. The molecule has 3 N–H and O–H groups in total. The van der Waals surface area contributed by atoms with Gasteiger partial charge in [-0.15, -0.1) is 11.3 Å². The summed E-state index contributed by atoms with van der Waals surface area (Å²) in [7, 11) is 0. The summed E-state index contributed by atoms with van der Waals surface area (Å²) in [6, 6.07) is 12.1. The van der Waals surface area contributed by atoms with Crippen molar-refractivity contribution in [2.24, 2.45) is 11.7 Å². The van der Waals surface area contributed by atoms with Gasteiger partial charge in [-0.25, -0.2) is 0 Å². The predicted octanol–water partition coefficient (Wildman–Crippen LogP) is 5.18. The minimum atomic E-state index is -0.0939. The molecule has 1 heterocycles. The molecule has 2 aromatic rings. The first kappa shape index (κ1) is 22.0. The Kier molecular flexibility index (Phi) is 7.41. The van der Waals surface area contributed by atoms with E-state index in [4.69, 9.17) is 5.73 Å². The standard InChI is InChI=1S/C25H33N3O2S/c26-20-11-13-22(14-12-20)28(25(30)19-7-2-1-3-8-19)17-18-6-4-9-21(16-18)27-24(29)23-10-5-15-31-23/h4-6,9-10,15-16,19-20,22H,1-3,7-8,11-14,17,26H2,(H,27,29). The van der Waals surface area contributed by atoms with Crippen molar-refractivity contribution in [2.45, 2.75) is 76.4 Å². The van der Waals surface area contributed by atoms with Crippen molar-refractivity contribution < 1.29 is 9.59 Å². The molecule has 0 spiro atoms. The third-order valence-electron chi connectivity index (χ3n) is 6.70. The van der Waals surface area contributed by atoms with Crippen LogP contribution in [0.15, 0.2) is 41.8 Å². The van der Waals surface area contributed by atoms with Crippen molar-refractivity contribution in [1.29, 1.82) is 0 Å². The van der Waals surface area contributed by atoms with Crippen LogP contribution in [0.3, 0.4) is 0 Å². The molecule has 2 aliphatic rings. The number of nitrogens with two attached hydrogens (primary N) is 1. The highest BCUT2D eigenvalue weighted by atomic mass is 32.1. The molecule has 1 aromatic heterocycles. The van der Waals surface area contributed by atoms with Crippen LogP contribution in [0.4, 0.5) is 5.69 Å². The van der Waals surface area contributed by atoms with Gasteiger partial charge in [-0.05, 0) is 67.7 Å². The summed E-state index contributed by atoms with van der Waals surface area (Å²) >= 11 is 1.43. The van der Waals surface area contributed by atoms with Gasteiger partial charge in [-0.1, -0.05) is 37.5 Å². The van der Waals surface area contributed by atoms with Gasteiger partial charge in [0.15, 0.2) is 0 Å². The van der Waals surface area contributed by atoms with Gasteiger partial charge >= 0.3 is 0 Å². The maximum absolute atomic E-state index is 13.5. The molecule has 0 bridgehead atoms. The molecule has 0 saturated heterocycles. The summed E-state index contributed by atoms with van der Waals surface area (Å²) in [5.74, 6) is 0.378. The van der Waals surface area contributed by atoms with Gasteiger partial charge in [0, 0.05) is 30.2 Å². The van der Waals surface area contributed by atoms with Gasteiger partial charge in [0.2, 0.25) is 5.91 Å². The molecule has 4 rings (SSSR count). The molecule has 0 aliphatic heterocycles. The summed E-state index contributed by atoms with van der Waals surface area (Å²) in [4.78, 5) is 28.8. The van der Waals surface area contributed by atoms with E-state index in [0.717, 1.165) is 62.6 Å². The molecule has 2 aliphatic carbocycles. The van der Waals surface area contributed by atoms with Crippen LogP contribution in [0.25, 0.3) is 0 Å². The van der Waals surface area contributed by atoms with Gasteiger partial charge in [-0.2, -0.15) is 0 Å². The molecular weight excluding hydrogens is 406 g/mol. The topological polar surface area (TPSA) is 75.4 Å². The third kappa shape index (κ3) is 5.74. The highest BCUT2D eigenvalue weighted by Crippen LogP contribution is 2.30. The van der Waals surface area contributed by atoms with E-state index in [1.807, 2.05) is 35.7 Å². The van der Waals surface area contributed by atoms with Crippen LogP contribution in [0.5, 0.6) is 0 Å². The second-order valence-electron chi connectivity index (χ2n) is 9.00. The quantitative estimate of drug-likeness (QED) is 0.651. The van der Waals surface area contributed by atoms with E-state index in [9.17, 15) is 9.59 Å². The van der Waals surface area contributed by atoms with Crippen molar-refractivity contribution >= 4 is 28.8 Å². The van der Waals surface area contributed by atoms with Crippen molar-refractivity contribution in [2.75, 3.05) is 5.32 Å². The SMILES string of the molecule is NC1CCC(N(Cc2cccc(NC(=O)c3cccs3)c2)C(=O)C2CCCCC2)CC1. The van der Waals surface area contributed by atoms with Crippen LogP contribution in [0.1, 0.15) is 73.0 Å². The number of nitrogens with zero attached hydrogens (tertiary/aromatic N) is 1. The smallest absolute Gasteiger partial charge is 0.265 e. The first-order valence-corrected chi connectivity index (χ1v) is 12.5. The highest BCUT2D eigenvalue weighted by molar-refractivity contribution is 7.12. The number of rotatable bonds is 6. The van der Waals surface area contributed by atoms with E-state index in [1.54, 1.807) is 0 Å². The number of carbonyl (C=O) groups is 2. The van der Waals surface area contributed by atoms with E-state index >= 15 is 0 Å². The fourth-order valence-corrected chi connectivity index (χ4v) is 5.55. The zero-order chi connectivity index (χ0) is 21.6. The van der Waals surface area contributed by atoms with Gasteiger partial charge < -0.3 is 16.0 Å². The lowest BCUT2D eigenvalue weighted by atomic mass is 9.85. The molecule has 1 aromatic carbocycles. The number of thiophene rings is 1. The molecule has 2 amide bonds. The van der Waals surface area contributed by atoms with E-state index in [1.165, 1.54) is 17.8 Å². The monoisotopic (exact) mass is 439 g/mol. The molecule has 0 unspecified atom stereocenters. The van der Waals surface area contributed by atoms with Gasteiger partial charge in [-0.3, -0.25) is 9.59 Å². The maximum atomic E-state index is 13.5. The number of hydrogen-bond acceptors (Lipinski definition) is 4. The Balaban J connectivity index is 1.49. The Bertz CT molecular complexity index is 869. The lowest BCUT2D eigenvalue weighted by molar-refractivity contribution is -0.140. The number of anilines is 1. The second-order valence-corrected chi connectivity index (χ2v) is 9.95. The van der Waals surface area contributed by atoms with Gasteiger partial charge in [0.05, 0.1) is 4.88 Å². The summed E-state index contributed by atoms with van der Waals surface area (Å²) in [6.07, 6.45) is 9.51. The fraction of sp³-hybridized carbons (Fsp3) is 0.520. The summed E-state index contributed by atoms with van der Waals surface area (Å²) in [5, 5.41) is 4.89. The number of nitrogens with one attached hydrogen (secondary N) is 1. The molecule has 166 valence electrons. The molecule has 31 heavy (non-hydrogen) atoms. The van der Waals surface area contributed by atoms with Gasteiger partial charge in [0.25, 0.3) is 5.91 Å². The van der Waals surface area contributed by atoms with Gasteiger partial charge in [0.1, 0.15) is 0 Å². The molecule has 6 heteroatoms. The summed E-state index contributed by atoms with van der Waals surface area (Å²) in [5.41, 5.74) is 7.96. The van der Waals surface area contributed by atoms with Crippen LogP contribution in [0.2, 0.25) is 0 Å². The highest BCUT2D eigenvalue weighted by Gasteiger charge is 2.32. The van der Waals surface area contributed by atoms with Crippen molar-refractivity contribution in [3.05, 3.63) is 52.2 Å². The van der Waals surface area contributed by atoms with E-state index < -0.39 is 0 Å². The number of carbonyl (C=O) groups excluding carboxylic acids is 2. The maximum Gasteiger partial charge on any atom is 0.265 e. The lowest BCUT2D eigenvalue weighted by Gasteiger charge is -2.39. The van der Waals surface area contributed by atoms with E-state index in [0.29, 0.717) is 17.3 Å². The zero-order valence-corrected chi connectivity index (χ0v) is 18.9.